The highest BCUT2D eigenvalue weighted by molar-refractivity contribution is 6.02. The standard InChI is InChI=1S/C17H14N2O5/c20-16(18-14-4-2-1-3-5-14)7-6-12-8-15(19(21)22)9-13-10-23-11-24-17(12)13/h1-9H,10-11H2,(H,18,20)/b7-6+. The summed E-state index contributed by atoms with van der Waals surface area (Å²) in [6.45, 7) is 0.302. The Labute approximate surface area is 137 Å². The number of benzene rings is 2. The molecule has 7 nitrogen and oxygen atoms in total. The maximum Gasteiger partial charge on any atom is 0.270 e. The number of hydrogen-bond donors (Lipinski definition) is 1. The van der Waals surface area contributed by atoms with E-state index in [0.29, 0.717) is 22.6 Å². The number of nitro groups is 1. The van der Waals surface area contributed by atoms with Crippen LogP contribution in [0.5, 0.6) is 5.75 Å². The smallest absolute Gasteiger partial charge is 0.270 e. The van der Waals surface area contributed by atoms with Crippen LogP contribution in [0.15, 0.2) is 48.5 Å². The molecule has 0 radical (unpaired) electrons. The number of non-ortho nitro benzene ring substituents is 1. The summed E-state index contributed by atoms with van der Waals surface area (Å²) in [6.07, 6.45) is 2.81. The number of rotatable bonds is 4. The first-order valence-corrected chi connectivity index (χ1v) is 7.19. The number of nitrogens with zero attached hydrogens (tertiary/aromatic N) is 1. The molecule has 0 aliphatic carbocycles. The highest BCUT2D eigenvalue weighted by Gasteiger charge is 2.19. The second-order valence-corrected chi connectivity index (χ2v) is 5.08. The number of anilines is 1. The fraction of sp³-hybridized carbons (Fsp3) is 0.118. The molecule has 0 fully saturated rings. The number of hydrogen-bond acceptors (Lipinski definition) is 5. The van der Waals surface area contributed by atoms with Crippen LogP contribution in [-0.2, 0) is 16.1 Å². The van der Waals surface area contributed by atoms with Crippen molar-refractivity contribution in [3.8, 4) is 5.75 Å². The van der Waals surface area contributed by atoms with E-state index in [2.05, 4.69) is 5.32 Å². The lowest BCUT2D eigenvalue weighted by molar-refractivity contribution is -0.385. The van der Waals surface area contributed by atoms with Gasteiger partial charge in [-0.2, -0.15) is 0 Å². The first-order chi connectivity index (χ1) is 11.6. The fourth-order valence-corrected chi connectivity index (χ4v) is 2.33. The van der Waals surface area contributed by atoms with Gasteiger partial charge in [0, 0.05) is 35.0 Å². The largest absolute Gasteiger partial charge is 0.467 e. The van der Waals surface area contributed by atoms with E-state index in [1.807, 2.05) is 18.2 Å². The lowest BCUT2D eigenvalue weighted by atomic mass is 10.1. The van der Waals surface area contributed by atoms with Gasteiger partial charge in [0.1, 0.15) is 5.75 Å². The Hall–Kier alpha value is -3.19. The maximum absolute atomic E-state index is 12.0. The monoisotopic (exact) mass is 326 g/mol. The number of nitro benzene ring substituents is 1. The minimum atomic E-state index is -0.490. The van der Waals surface area contributed by atoms with Gasteiger partial charge >= 0.3 is 0 Å². The van der Waals surface area contributed by atoms with Gasteiger partial charge in [0.15, 0.2) is 6.79 Å². The molecule has 24 heavy (non-hydrogen) atoms. The third-order valence-electron chi connectivity index (χ3n) is 3.39. The van der Waals surface area contributed by atoms with Gasteiger partial charge in [-0.3, -0.25) is 14.9 Å². The van der Waals surface area contributed by atoms with Crippen molar-refractivity contribution < 1.29 is 19.2 Å². The SMILES string of the molecule is O=C(/C=C/c1cc([N+](=O)[O-])cc2c1OCOC2)Nc1ccccc1. The highest BCUT2D eigenvalue weighted by Crippen LogP contribution is 2.33. The van der Waals surface area contributed by atoms with Crippen LogP contribution in [0.4, 0.5) is 11.4 Å². The molecule has 0 bridgehead atoms. The normalized spacial score (nSPS) is 13.2. The highest BCUT2D eigenvalue weighted by atomic mass is 16.7. The predicted octanol–water partition coefficient (Wildman–Crippen LogP) is 3.11. The first-order valence-electron chi connectivity index (χ1n) is 7.19. The second kappa shape index (κ2) is 6.93. The fourth-order valence-electron chi connectivity index (χ4n) is 2.33. The number of amides is 1. The lowest BCUT2D eigenvalue weighted by Crippen LogP contribution is -2.13. The van der Waals surface area contributed by atoms with E-state index < -0.39 is 4.92 Å². The minimum Gasteiger partial charge on any atom is -0.467 e. The van der Waals surface area contributed by atoms with Gasteiger partial charge in [-0.05, 0) is 18.2 Å². The quantitative estimate of drug-likeness (QED) is 0.529. The number of para-hydroxylation sites is 1. The maximum atomic E-state index is 12.0. The molecule has 0 saturated heterocycles. The van der Waals surface area contributed by atoms with Gasteiger partial charge in [0.05, 0.1) is 11.5 Å². The van der Waals surface area contributed by atoms with Crippen molar-refractivity contribution in [1.29, 1.82) is 0 Å². The van der Waals surface area contributed by atoms with Gasteiger partial charge in [0.2, 0.25) is 5.91 Å². The second-order valence-electron chi connectivity index (χ2n) is 5.08. The zero-order valence-electron chi connectivity index (χ0n) is 12.6. The molecule has 0 spiro atoms. The van der Waals surface area contributed by atoms with Crippen LogP contribution in [-0.4, -0.2) is 17.6 Å². The molecule has 1 N–H and O–H groups in total. The third kappa shape index (κ3) is 3.58. The predicted molar refractivity (Wildman–Crippen MR) is 87.5 cm³/mol. The van der Waals surface area contributed by atoms with E-state index in [-0.39, 0.29) is 25.0 Å². The number of nitrogens with one attached hydrogen (secondary N) is 1. The lowest BCUT2D eigenvalue weighted by Gasteiger charge is -2.19. The molecule has 7 heteroatoms. The number of carbonyl (C=O) groups is 1. The molecule has 2 aromatic rings. The Morgan fingerprint density at radius 1 is 1.25 bits per heavy atom. The minimum absolute atomic E-state index is 0.0713. The van der Waals surface area contributed by atoms with Crippen LogP contribution < -0.4 is 10.1 Å². The van der Waals surface area contributed by atoms with Crippen LogP contribution in [0.3, 0.4) is 0 Å². The number of carbonyl (C=O) groups excluding carboxylic acids is 1. The van der Waals surface area contributed by atoms with Gasteiger partial charge in [-0.25, -0.2) is 0 Å². The summed E-state index contributed by atoms with van der Waals surface area (Å²) in [5.41, 5.74) is 1.63. The van der Waals surface area contributed by atoms with Crippen LogP contribution in [0.25, 0.3) is 6.08 Å². The van der Waals surface area contributed by atoms with Crippen LogP contribution in [0.1, 0.15) is 11.1 Å². The molecule has 3 rings (SSSR count). The van der Waals surface area contributed by atoms with Crippen molar-refractivity contribution in [1.82, 2.24) is 0 Å². The Morgan fingerprint density at radius 2 is 2.04 bits per heavy atom. The van der Waals surface area contributed by atoms with E-state index in [1.165, 1.54) is 24.3 Å². The third-order valence-corrected chi connectivity index (χ3v) is 3.39. The molecule has 1 aliphatic heterocycles. The van der Waals surface area contributed by atoms with E-state index in [9.17, 15) is 14.9 Å². The van der Waals surface area contributed by atoms with Gasteiger partial charge in [-0.15, -0.1) is 0 Å². The van der Waals surface area contributed by atoms with Crippen molar-refractivity contribution >= 4 is 23.4 Å². The molecule has 1 amide bonds. The van der Waals surface area contributed by atoms with E-state index >= 15 is 0 Å². The average Bonchev–Trinajstić information content (AvgIpc) is 2.60. The zero-order valence-corrected chi connectivity index (χ0v) is 12.6. The molecule has 0 aromatic heterocycles. The molecule has 0 atom stereocenters. The average molecular weight is 326 g/mol. The number of ether oxygens (including phenoxy) is 2. The summed E-state index contributed by atoms with van der Waals surface area (Å²) in [6, 6.07) is 11.8. The zero-order chi connectivity index (χ0) is 16.9. The van der Waals surface area contributed by atoms with Gasteiger partial charge in [0.25, 0.3) is 5.69 Å². The summed E-state index contributed by atoms with van der Waals surface area (Å²) < 4.78 is 10.6. The molecule has 122 valence electrons. The van der Waals surface area contributed by atoms with Crippen molar-refractivity contribution in [2.24, 2.45) is 0 Å². The molecular weight excluding hydrogens is 312 g/mol. The number of fused-ring (bicyclic) bond motifs is 1. The summed E-state index contributed by atoms with van der Waals surface area (Å²) in [5.74, 6) is 0.157. The summed E-state index contributed by atoms with van der Waals surface area (Å²) in [5, 5.41) is 13.7. The van der Waals surface area contributed by atoms with E-state index in [1.54, 1.807) is 12.1 Å². The van der Waals surface area contributed by atoms with Crippen molar-refractivity contribution in [2.45, 2.75) is 6.61 Å². The molecule has 1 aliphatic rings. The Kier molecular flexibility index (Phi) is 4.53. The molecular formula is C17H14N2O5. The van der Waals surface area contributed by atoms with Crippen molar-refractivity contribution in [3.63, 3.8) is 0 Å². The van der Waals surface area contributed by atoms with Crippen molar-refractivity contribution in [2.75, 3.05) is 12.1 Å². The summed E-state index contributed by atoms with van der Waals surface area (Å²) >= 11 is 0. The molecule has 2 aromatic carbocycles. The first kappa shape index (κ1) is 15.7. The van der Waals surface area contributed by atoms with Crippen molar-refractivity contribution in [3.05, 3.63) is 69.8 Å². The van der Waals surface area contributed by atoms with Gasteiger partial charge in [-0.1, -0.05) is 18.2 Å². The van der Waals surface area contributed by atoms with E-state index in [0.717, 1.165) is 0 Å². The topological polar surface area (TPSA) is 90.7 Å². The van der Waals surface area contributed by atoms with Gasteiger partial charge < -0.3 is 14.8 Å². The molecule has 0 saturated carbocycles. The van der Waals surface area contributed by atoms with E-state index in [4.69, 9.17) is 9.47 Å². The summed E-state index contributed by atoms with van der Waals surface area (Å²) in [4.78, 5) is 22.5. The van der Waals surface area contributed by atoms with Crippen LogP contribution in [0.2, 0.25) is 0 Å². The van der Waals surface area contributed by atoms with Crippen LogP contribution in [0, 0.1) is 10.1 Å². The summed E-state index contributed by atoms with van der Waals surface area (Å²) in [7, 11) is 0. The molecule has 1 heterocycles. The molecule has 0 unspecified atom stereocenters. The Morgan fingerprint density at radius 3 is 2.79 bits per heavy atom. The Balaban J connectivity index is 1.84. The van der Waals surface area contributed by atoms with Crippen LogP contribution >= 0.6 is 0 Å². The Bertz CT molecular complexity index is 802.